The van der Waals surface area contributed by atoms with Crippen molar-refractivity contribution in [2.75, 3.05) is 0 Å². The van der Waals surface area contributed by atoms with Crippen LogP contribution in [0.5, 0.6) is 0 Å². The molecule has 3 nitrogen and oxygen atoms in total. The molecule has 0 fully saturated rings. The van der Waals surface area contributed by atoms with Gasteiger partial charge in [0.2, 0.25) is 0 Å². The summed E-state index contributed by atoms with van der Waals surface area (Å²) in [6, 6.07) is 9.54. The van der Waals surface area contributed by atoms with Crippen molar-refractivity contribution in [3.63, 3.8) is 0 Å². The Labute approximate surface area is 126 Å². The molecule has 108 valence electrons. The van der Waals surface area contributed by atoms with Gasteiger partial charge in [0.1, 0.15) is 11.6 Å². The maximum absolute atomic E-state index is 13.2. The predicted molar refractivity (Wildman–Crippen MR) is 74.5 cm³/mol. The molecule has 1 aromatic heterocycles. The highest BCUT2D eigenvalue weighted by atomic mass is 79.9. The number of benzene rings is 1. The Balaban J connectivity index is 2.97. The van der Waals surface area contributed by atoms with E-state index in [2.05, 4.69) is 15.9 Å². The number of pyridine rings is 1. The smallest absolute Gasteiger partial charge is 0.309 e. The van der Waals surface area contributed by atoms with Gasteiger partial charge in [-0.1, -0.05) is 30.3 Å². The molecule has 0 amide bonds. The quantitative estimate of drug-likeness (QED) is 0.781. The van der Waals surface area contributed by atoms with Gasteiger partial charge in [-0.3, -0.25) is 4.79 Å². The molecular formula is C14H8BrF3N2O. The van der Waals surface area contributed by atoms with Crippen molar-refractivity contribution in [2.24, 2.45) is 7.05 Å². The third-order valence-corrected chi connectivity index (χ3v) is 3.75. The van der Waals surface area contributed by atoms with E-state index in [4.69, 9.17) is 5.26 Å². The second-order valence-corrected chi connectivity index (χ2v) is 5.05. The van der Waals surface area contributed by atoms with E-state index in [9.17, 15) is 18.0 Å². The molecule has 0 spiro atoms. The molecule has 0 saturated carbocycles. The molecule has 0 aliphatic rings. The molecule has 0 radical (unpaired) electrons. The first-order chi connectivity index (χ1) is 9.79. The first-order valence-corrected chi connectivity index (χ1v) is 6.53. The van der Waals surface area contributed by atoms with E-state index in [0.717, 1.165) is 4.57 Å². The minimum Gasteiger partial charge on any atom is -0.309 e. The second kappa shape index (κ2) is 5.37. The third-order valence-electron chi connectivity index (χ3n) is 2.97. The van der Waals surface area contributed by atoms with Gasteiger partial charge < -0.3 is 4.57 Å². The van der Waals surface area contributed by atoms with Crippen LogP contribution in [-0.4, -0.2) is 4.57 Å². The fraction of sp³-hybridized carbons (Fsp3) is 0.143. The molecule has 0 atom stereocenters. The lowest BCUT2D eigenvalue weighted by atomic mass is 10.0. The molecule has 0 bridgehead atoms. The van der Waals surface area contributed by atoms with E-state index < -0.39 is 22.9 Å². The molecule has 2 rings (SSSR count). The van der Waals surface area contributed by atoms with Gasteiger partial charge in [0.25, 0.3) is 5.56 Å². The first-order valence-electron chi connectivity index (χ1n) is 5.74. The van der Waals surface area contributed by atoms with Gasteiger partial charge in [-0.05, 0) is 21.5 Å². The molecule has 7 heteroatoms. The maximum atomic E-state index is 13.2. The minimum atomic E-state index is -4.80. The van der Waals surface area contributed by atoms with Gasteiger partial charge in [0, 0.05) is 7.05 Å². The van der Waals surface area contributed by atoms with Crippen LogP contribution >= 0.6 is 15.9 Å². The van der Waals surface area contributed by atoms with E-state index in [1.807, 2.05) is 0 Å². The summed E-state index contributed by atoms with van der Waals surface area (Å²) in [5.74, 6) is 0. The summed E-state index contributed by atoms with van der Waals surface area (Å²) in [6.07, 6.45) is -4.80. The van der Waals surface area contributed by atoms with Crippen molar-refractivity contribution in [3.8, 4) is 17.3 Å². The topological polar surface area (TPSA) is 45.8 Å². The summed E-state index contributed by atoms with van der Waals surface area (Å²) in [5.41, 5.74) is -2.62. The zero-order valence-electron chi connectivity index (χ0n) is 10.7. The summed E-state index contributed by atoms with van der Waals surface area (Å²) >= 11 is 2.90. The third kappa shape index (κ3) is 2.59. The van der Waals surface area contributed by atoms with E-state index >= 15 is 0 Å². The predicted octanol–water partition coefficient (Wildman–Crippen LogP) is 3.71. The molecule has 1 heterocycles. The normalized spacial score (nSPS) is 11.2. The second-order valence-electron chi connectivity index (χ2n) is 4.25. The number of hydrogen-bond acceptors (Lipinski definition) is 2. The summed E-state index contributed by atoms with van der Waals surface area (Å²) in [5, 5.41) is 8.89. The van der Waals surface area contributed by atoms with Gasteiger partial charge in [-0.2, -0.15) is 18.4 Å². The molecule has 21 heavy (non-hydrogen) atoms. The molecule has 0 aliphatic heterocycles. The van der Waals surface area contributed by atoms with Crippen LogP contribution in [0.4, 0.5) is 13.2 Å². The highest BCUT2D eigenvalue weighted by Crippen LogP contribution is 2.40. The number of alkyl halides is 3. The Morgan fingerprint density at radius 2 is 1.81 bits per heavy atom. The zero-order valence-corrected chi connectivity index (χ0v) is 12.3. The lowest BCUT2D eigenvalue weighted by molar-refractivity contribution is -0.138. The van der Waals surface area contributed by atoms with Crippen molar-refractivity contribution < 1.29 is 13.2 Å². The number of nitrogens with zero attached hydrogens (tertiary/aromatic N) is 2. The lowest BCUT2D eigenvalue weighted by Gasteiger charge is -2.17. The van der Waals surface area contributed by atoms with Crippen molar-refractivity contribution in [1.29, 1.82) is 5.26 Å². The average molecular weight is 357 g/mol. The van der Waals surface area contributed by atoms with Crippen LogP contribution in [-0.2, 0) is 13.2 Å². The monoisotopic (exact) mass is 356 g/mol. The van der Waals surface area contributed by atoms with Crippen LogP contribution in [0.1, 0.15) is 11.1 Å². The van der Waals surface area contributed by atoms with Crippen molar-refractivity contribution in [1.82, 2.24) is 4.57 Å². The highest BCUT2D eigenvalue weighted by Gasteiger charge is 2.39. The molecule has 1 aromatic carbocycles. The Hall–Kier alpha value is -2.07. The van der Waals surface area contributed by atoms with Crippen molar-refractivity contribution >= 4 is 15.9 Å². The van der Waals surface area contributed by atoms with E-state index in [1.54, 1.807) is 30.3 Å². The summed E-state index contributed by atoms with van der Waals surface area (Å²) in [7, 11) is 1.33. The van der Waals surface area contributed by atoms with Crippen LogP contribution in [0.2, 0.25) is 0 Å². The largest absolute Gasteiger partial charge is 0.419 e. The van der Waals surface area contributed by atoms with Crippen molar-refractivity contribution in [3.05, 3.63) is 56.3 Å². The SMILES string of the molecule is Cn1c(-c2ccccc2)c(Br)c(C(F)(F)F)c(C#N)c1=O. The number of aromatic nitrogens is 1. The molecule has 0 aliphatic carbocycles. The number of rotatable bonds is 1. The van der Waals surface area contributed by atoms with Crippen molar-refractivity contribution in [2.45, 2.75) is 6.18 Å². The molecule has 0 unspecified atom stereocenters. The summed E-state index contributed by atoms with van der Waals surface area (Å²) in [4.78, 5) is 12.0. The first kappa shape index (κ1) is 15.3. The Morgan fingerprint density at radius 3 is 2.29 bits per heavy atom. The molecular weight excluding hydrogens is 349 g/mol. The number of hydrogen-bond donors (Lipinski definition) is 0. The summed E-state index contributed by atoms with van der Waals surface area (Å²) in [6.45, 7) is 0. The average Bonchev–Trinajstić information content (AvgIpc) is 2.42. The lowest BCUT2D eigenvalue weighted by Crippen LogP contribution is -2.27. The van der Waals surface area contributed by atoms with Gasteiger partial charge in [-0.25, -0.2) is 0 Å². The fourth-order valence-corrected chi connectivity index (χ4v) is 2.96. The zero-order chi connectivity index (χ0) is 15.8. The minimum absolute atomic E-state index is 0.0759. The highest BCUT2D eigenvalue weighted by molar-refractivity contribution is 9.10. The van der Waals surface area contributed by atoms with E-state index in [0.29, 0.717) is 5.56 Å². The standard InChI is InChI=1S/C14H8BrF3N2O/c1-20-12(8-5-3-2-4-6-8)11(15)10(14(16,17)18)9(7-19)13(20)21/h2-6H,1H3. The van der Waals surface area contributed by atoms with Crippen LogP contribution in [0.3, 0.4) is 0 Å². The fourth-order valence-electron chi connectivity index (χ4n) is 2.04. The number of nitriles is 1. The molecule has 2 aromatic rings. The van der Waals surface area contributed by atoms with E-state index in [1.165, 1.54) is 13.1 Å². The van der Waals surface area contributed by atoms with Crippen LogP contribution in [0, 0.1) is 11.3 Å². The summed E-state index contributed by atoms with van der Waals surface area (Å²) < 4.78 is 40.2. The maximum Gasteiger partial charge on any atom is 0.419 e. The Morgan fingerprint density at radius 1 is 1.24 bits per heavy atom. The Kier molecular flexibility index (Phi) is 3.92. The molecule has 0 saturated heterocycles. The number of halogens is 4. The van der Waals surface area contributed by atoms with Crippen LogP contribution in [0.25, 0.3) is 11.3 Å². The van der Waals surface area contributed by atoms with Gasteiger partial charge in [0.15, 0.2) is 0 Å². The van der Waals surface area contributed by atoms with Gasteiger partial charge in [0.05, 0.1) is 15.7 Å². The van der Waals surface area contributed by atoms with Gasteiger partial charge >= 0.3 is 6.18 Å². The van der Waals surface area contributed by atoms with E-state index in [-0.39, 0.29) is 10.2 Å². The van der Waals surface area contributed by atoms with Crippen LogP contribution < -0.4 is 5.56 Å². The Bertz CT molecular complexity index is 789. The van der Waals surface area contributed by atoms with Crippen LogP contribution in [0.15, 0.2) is 39.6 Å². The molecule has 0 N–H and O–H groups in total. The van der Waals surface area contributed by atoms with Gasteiger partial charge in [-0.15, -0.1) is 0 Å².